The van der Waals surface area contributed by atoms with Gasteiger partial charge in [0.1, 0.15) is 67.1 Å². The molecule has 0 aromatic rings. The van der Waals surface area contributed by atoms with Crippen molar-refractivity contribution in [3.05, 3.63) is 0 Å². The molecule has 564 valence electrons. The monoisotopic (exact) mass is 1660 g/mol. The van der Waals surface area contributed by atoms with Crippen LogP contribution in [0.25, 0.3) is 0 Å². The lowest BCUT2D eigenvalue weighted by Gasteiger charge is -2.50. The van der Waals surface area contributed by atoms with Crippen molar-refractivity contribution in [3.8, 4) is 0 Å². The second-order valence-corrected chi connectivity index (χ2v) is 30.3. The van der Waals surface area contributed by atoms with E-state index in [2.05, 4.69) is 54.4 Å². The molecule has 0 amide bonds. The van der Waals surface area contributed by atoms with Gasteiger partial charge in [0, 0.05) is 0 Å². The SMILES string of the molecule is O=S(=O)([O-])OC[C@@H]1O[C@@H](O[C@@H]2[C@H](OS(=O)(=O)[O-])[C@@H](O[C@H]3[C@H](OS(=O)(=O)[O-])[C@H](OS(=O)(=O)[O-])[C@@H](O[C@H]4O[C@@H](COS(=O)(=O)[O-])[C@H](OS(=O)(=O)[O-])[C@H](OS(=O)(=O)[O-])[C@@H]4OS(=O)(=O)[O-])O[C@H]3COS(=O)(=O)[O-])OC[C@H]2OS(=O)(=O)[O-])[C@@H](OS(=O)(=O)[O-])[C@@H](OS(=O)(=O)[O-])[C@H]1OS(=O)(=O)[O-]. The number of rotatable bonds is 35. The largest absolute Gasteiger partial charge is 0.726 e. The summed E-state index contributed by atoms with van der Waals surface area (Å²) in [5, 5.41) is 0. The predicted octanol–water partition coefficient (Wildman–Crippen LogP) is -15.8. The van der Waals surface area contributed by atoms with Crippen LogP contribution in [0.5, 0.6) is 0 Å². The maximum atomic E-state index is 12.5. The van der Waals surface area contributed by atoms with Crippen LogP contribution in [0.3, 0.4) is 0 Å². The Labute approximate surface area is 531 Å². The maximum absolute atomic E-state index is 12.5. The molecule has 0 saturated carbocycles. The van der Waals surface area contributed by atoms with E-state index in [1.807, 2.05) is 0 Å². The number of hydrogen-bond donors (Lipinski definition) is 0. The molecule has 0 aromatic carbocycles. The van der Waals surface area contributed by atoms with Crippen molar-refractivity contribution in [1.29, 1.82) is 0 Å². The Balaban J connectivity index is 2.12. The molecule has 4 fully saturated rings. The van der Waals surface area contributed by atoms with E-state index in [0.717, 1.165) is 0 Å². The summed E-state index contributed by atoms with van der Waals surface area (Å²) in [6.45, 7) is -9.27. The van der Waals surface area contributed by atoms with Crippen molar-refractivity contribution in [2.45, 2.75) is 117 Å². The third-order valence-corrected chi connectivity index (χ3v) is 16.3. The molecule has 4 rings (SSSR count). The van der Waals surface area contributed by atoms with Crippen LogP contribution in [0, 0.1) is 0 Å². The van der Waals surface area contributed by atoms with Crippen molar-refractivity contribution in [3.63, 3.8) is 0 Å². The van der Waals surface area contributed by atoms with Gasteiger partial charge in [0.25, 0.3) is 0 Å². The molecule has 0 N–H and O–H groups in total. The van der Waals surface area contributed by atoms with E-state index in [1.54, 1.807) is 0 Å². The van der Waals surface area contributed by atoms with Crippen molar-refractivity contribution in [1.82, 2.24) is 0 Å². The average molecular weight is 1660 g/mol. The lowest BCUT2D eigenvalue weighted by Crippen LogP contribution is -2.68. The number of hydrogen-bond acceptors (Lipinski definition) is 59. The van der Waals surface area contributed by atoms with E-state index in [0.29, 0.717) is 0 Å². The summed E-state index contributed by atoms with van der Waals surface area (Å²) in [4.78, 5) is 0. The van der Waals surface area contributed by atoms with Gasteiger partial charge in [0.15, 0.2) is 49.6 Å². The van der Waals surface area contributed by atoms with Gasteiger partial charge in [-0.3, -0.25) is 54.4 Å². The second-order valence-electron chi connectivity index (χ2n) is 17.0. The molecular weight excluding hydrogens is 1640 g/mol. The van der Waals surface area contributed by atoms with Crippen molar-refractivity contribution >= 4 is 135 Å². The van der Waals surface area contributed by atoms with Crippen LogP contribution in [0.1, 0.15) is 0 Å². The molecule has 0 bridgehead atoms. The Morgan fingerprint density at radius 3 is 0.705 bits per heavy atom. The van der Waals surface area contributed by atoms with Gasteiger partial charge in [-0.25, -0.2) is 109 Å². The molecule has 0 unspecified atom stereocenters. The average Bonchev–Trinajstić information content (AvgIpc) is 0.764. The van der Waals surface area contributed by atoms with Gasteiger partial charge in [0.2, 0.25) is 135 Å². The Morgan fingerprint density at radius 1 is 0.232 bits per heavy atom. The summed E-state index contributed by atoms with van der Waals surface area (Å²) >= 11 is 0. The van der Waals surface area contributed by atoms with E-state index in [4.69, 9.17) is 33.2 Å². The molecule has 19 atom stereocenters. The van der Waals surface area contributed by atoms with Crippen molar-refractivity contribution in [2.24, 2.45) is 0 Å². The first kappa shape index (κ1) is 85.4. The van der Waals surface area contributed by atoms with Crippen LogP contribution in [0.4, 0.5) is 0 Å². The molecule has 0 spiro atoms. The third kappa shape index (κ3) is 31.0. The highest BCUT2D eigenvalue weighted by atomic mass is 32.3. The zero-order valence-electron chi connectivity index (χ0n) is 43.2. The Kier molecular flexibility index (Phi) is 27.8. The van der Waals surface area contributed by atoms with Gasteiger partial charge in [-0.2, -0.15) is 0 Å². The first-order valence-electron chi connectivity index (χ1n) is 21.9. The lowest BCUT2D eigenvalue weighted by molar-refractivity contribution is -0.383. The van der Waals surface area contributed by atoms with Crippen LogP contribution >= 0.6 is 0 Å². The highest BCUT2D eigenvalue weighted by Gasteiger charge is 2.60. The summed E-state index contributed by atoms with van der Waals surface area (Å²) < 4.78 is 554. The highest BCUT2D eigenvalue weighted by Crippen LogP contribution is 2.40. The van der Waals surface area contributed by atoms with E-state index in [1.165, 1.54) is 0 Å². The maximum Gasteiger partial charge on any atom is 0.218 e. The van der Waals surface area contributed by atoms with Crippen molar-refractivity contribution in [2.75, 3.05) is 26.4 Å². The lowest BCUT2D eigenvalue weighted by atomic mass is 9.97. The quantitative estimate of drug-likeness (QED) is 0.0420. The molecule has 4 aliphatic heterocycles. The third-order valence-electron chi connectivity index (χ3n) is 10.4. The zero-order chi connectivity index (χ0) is 73.4. The molecule has 4 saturated heterocycles. The minimum Gasteiger partial charge on any atom is -0.726 e. The molecule has 0 aliphatic carbocycles. The molecule has 0 aromatic heterocycles. The Bertz CT molecular complexity index is 4260. The van der Waals surface area contributed by atoms with Gasteiger partial charge in [-0.1, -0.05) is 0 Å². The van der Waals surface area contributed by atoms with E-state index < -0.39 is 278 Å². The van der Waals surface area contributed by atoms with E-state index in [-0.39, 0.29) is 0 Å². The van der Waals surface area contributed by atoms with E-state index in [9.17, 15) is 169 Å². The summed E-state index contributed by atoms with van der Waals surface area (Å²) in [7, 11) is -87.1. The molecule has 0 radical (unpaired) electrons. The summed E-state index contributed by atoms with van der Waals surface area (Å²) in [6.07, 6.45) is -70.9. The normalized spacial score (nSPS) is 32.8. The van der Waals surface area contributed by atoms with Crippen LogP contribution < -0.4 is 0 Å². The Hall–Kier alpha value is -1.97. The predicted molar refractivity (Wildman–Crippen MR) is 239 cm³/mol. The van der Waals surface area contributed by atoms with E-state index >= 15 is 0 Å². The van der Waals surface area contributed by atoms with Gasteiger partial charge in [-0.05, 0) is 0 Å². The smallest absolute Gasteiger partial charge is 0.218 e. The first-order chi connectivity index (χ1) is 42.1. The van der Waals surface area contributed by atoms with Gasteiger partial charge in [0.05, 0.1) is 26.4 Å². The van der Waals surface area contributed by atoms with Crippen LogP contribution in [0.2, 0.25) is 0 Å². The van der Waals surface area contributed by atoms with Gasteiger partial charge in [-0.15, -0.1) is 0 Å². The molecular formula is C23H27O59S13-13. The standard InChI is InChI=1S/C23H40O59S13/c24-83(25,26)64-2-5-9(13(76-89(42,43)44)17(80-93(54,55)56)22(67-5)72-23-19(82-95(60,61)62)15(78-91(48,49)50)12(75-88(39,40)41)7(69-23)4-66-85(30,31)32)70-20-16(79-92(51,52)53)10(8(1-63-20)73-86(33,34)35)71-21-18(81-94(57,58)59)14(77-90(45,46)47)11(74-87(36,37)38)6(68-21)3-65-84(27,28)29/h5-23H,1-4H2,(H,24,25,26)(H,27,28,29)(H,30,31,32)(H,33,34,35)(H,36,37,38)(H,39,40,41)(H,42,43,44)(H,45,46,47)(H,48,49,50)(H,51,52,53)(H,54,55,56)(H,57,58,59)(H,60,61,62)/p-13/t5-,6-,7-,8+,9+,10-,11-,12-,13-,14-,15-,16-,17-,18-,19-,20+,21-,22+,23+/m0/s1. The minimum atomic E-state index is -7.03. The molecule has 72 heteroatoms. The van der Waals surface area contributed by atoms with Crippen LogP contribution in [-0.4, -0.2) is 312 Å². The molecule has 4 aliphatic rings. The van der Waals surface area contributed by atoms with Crippen LogP contribution in [0.15, 0.2) is 0 Å². The molecule has 4 heterocycles. The molecule has 95 heavy (non-hydrogen) atoms. The topological polar surface area (TPSA) is 928 Å². The van der Waals surface area contributed by atoms with Crippen LogP contribution in [-0.2, 0) is 223 Å². The highest BCUT2D eigenvalue weighted by molar-refractivity contribution is 7.83. The van der Waals surface area contributed by atoms with Gasteiger partial charge >= 0.3 is 0 Å². The first-order valence-corrected chi connectivity index (χ1v) is 39.2. The Morgan fingerprint density at radius 2 is 0.442 bits per heavy atom. The summed E-state index contributed by atoms with van der Waals surface area (Å²) in [6, 6.07) is 0. The summed E-state index contributed by atoms with van der Waals surface area (Å²) in [5.74, 6) is 0. The fraction of sp³-hybridized carbons (Fsp3) is 1.00. The minimum absolute atomic E-state index is 2.17. The molecule has 59 nitrogen and oxygen atoms in total. The van der Waals surface area contributed by atoms with Gasteiger partial charge < -0.3 is 92.3 Å². The second kappa shape index (κ2) is 30.9. The summed E-state index contributed by atoms with van der Waals surface area (Å²) in [5.41, 5.74) is 0. The fourth-order valence-electron chi connectivity index (χ4n) is 7.88. The zero-order valence-corrected chi connectivity index (χ0v) is 53.8. The number of ether oxygens (including phenoxy) is 7. The van der Waals surface area contributed by atoms with Crippen molar-refractivity contribution < 1.29 is 256 Å². The fourth-order valence-corrected chi connectivity index (χ4v) is 13.6.